The zero-order valence-corrected chi connectivity index (χ0v) is 15.0. The number of nitrogens with zero attached hydrogens (tertiary/aromatic N) is 3. The Bertz CT molecular complexity index is 1200. The van der Waals surface area contributed by atoms with Crippen LogP contribution < -0.4 is 15.2 Å². The molecule has 0 saturated carbocycles. The Kier molecular flexibility index (Phi) is 3.91. The number of hydrogen-bond donors (Lipinski definition) is 1. The molecular weight excluding hydrogens is 352 g/mol. The van der Waals surface area contributed by atoms with Crippen molar-refractivity contribution in [2.24, 2.45) is 0 Å². The van der Waals surface area contributed by atoms with E-state index in [2.05, 4.69) is 32.0 Å². The highest BCUT2D eigenvalue weighted by molar-refractivity contribution is 5.76. The fraction of sp³-hybridized carbons (Fsp3) is 0.136. The first-order chi connectivity index (χ1) is 13.8. The van der Waals surface area contributed by atoms with Crippen LogP contribution in [0.25, 0.3) is 10.9 Å². The highest BCUT2D eigenvalue weighted by atomic mass is 16.5. The summed E-state index contributed by atoms with van der Waals surface area (Å²) in [5, 5.41) is 0.484. The molecule has 0 bridgehead atoms. The van der Waals surface area contributed by atoms with Gasteiger partial charge in [0.05, 0.1) is 17.1 Å². The van der Waals surface area contributed by atoms with E-state index in [0.717, 1.165) is 25.2 Å². The van der Waals surface area contributed by atoms with Crippen molar-refractivity contribution >= 4 is 16.6 Å². The number of aromatic nitrogens is 3. The lowest BCUT2D eigenvalue weighted by Gasteiger charge is -2.30. The first-order valence-electron chi connectivity index (χ1n) is 9.03. The van der Waals surface area contributed by atoms with Crippen LogP contribution in [0.4, 0.5) is 5.69 Å². The summed E-state index contributed by atoms with van der Waals surface area (Å²) in [5.41, 5.74) is 4.00. The summed E-state index contributed by atoms with van der Waals surface area (Å²) in [5.74, 6) is 0.607. The van der Waals surface area contributed by atoms with Crippen LogP contribution in [0.1, 0.15) is 11.1 Å². The predicted molar refractivity (Wildman–Crippen MR) is 106 cm³/mol. The second kappa shape index (κ2) is 6.71. The summed E-state index contributed by atoms with van der Waals surface area (Å²) >= 11 is 0. The summed E-state index contributed by atoms with van der Waals surface area (Å²) in [6.45, 7) is 1.81. The predicted octanol–water partition coefficient (Wildman–Crippen LogP) is 3.27. The summed E-state index contributed by atoms with van der Waals surface area (Å²) in [6, 6.07) is 19.7. The standard InChI is InChI=1S/C22H16N4O2/c27-21-19-9-11-23-13-20(19)24-22(25-21)28-18-7-5-17(6-8-18)26-12-10-15-3-1-2-4-16(15)14-26/h3-9,11,13H,10,12,14H2,(H,24,25,27). The van der Waals surface area contributed by atoms with Gasteiger partial charge in [-0.05, 0) is 60.0 Å². The average molecular weight is 368 g/mol. The van der Waals surface area contributed by atoms with Crippen LogP contribution in [-0.2, 0) is 13.0 Å². The highest BCUT2D eigenvalue weighted by Crippen LogP contribution is 2.27. The lowest BCUT2D eigenvalue weighted by Crippen LogP contribution is -2.30. The molecule has 4 aromatic rings. The topological polar surface area (TPSA) is 71.1 Å². The van der Waals surface area contributed by atoms with Gasteiger partial charge < -0.3 is 9.64 Å². The van der Waals surface area contributed by atoms with E-state index in [1.54, 1.807) is 18.5 Å². The zero-order valence-electron chi connectivity index (χ0n) is 15.0. The molecule has 0 saturated heterocycles. The molecule has 0 atom stereocenters. The van der Waals surface area contributed by atoms with Crippen LogP contribution in [0.2, 0.25) is 0 Å². The first-order valence-corrected chi connectivity index (χ1v) is 9.03. The van der Waals surface area contributed by atoms with Crippen LogP contribution >= 0.6 is 0 Å². The van der Waals surface area contributed by atoms with E-state index in [-0.39, 0.29) is 11.6 Å². The molecule has 5 rings (SSSR count). The van der Waals surface area contributed by atoms with Gasteiger partial charge >= 0.3 is 6.01 Å². The minimum absolute atomic E-state index is 0.150. The van der Waals surface area contributed by atoms with Crippen molar-refractivity contribution in [3.8, 4) is 11.8 Å². The Morgan fingerprint density at radius 3 is 2.75 bits per heavy atom. The lowest BCUT2D eigenvalue weighted by molar-refractivity contribution is 0.442. The maximum absolute atomic E-state index is 12.1. The number of aromatic amines is 1. The summed E-state index contributed by atoms with van der Waals surface area (Å²) < 4.78 is 5.74. The number of H-pyrrole nitrogens is 1. The van der Waals surface area contributed by atoms with E-state index in [1.807, 2.05) is 36.4 Å². The summed E-state index contributed by atoms with van der Waals surface area (Å²) in [4.78, 5) is 25.4. The third kappa shape index (κ3) is 3.03. The number of rotatable bonds is 3. The molecule has 136 valence electrons. The Morgan fingerprint density at radius 2 is 1.89 bits per heavy atom. The quantitative estimate of drug-likeness (QED) is 0.601. The van der Waals surface area contributed by atoms with Crippen molar-refractivity contribution in [3.63, 3.8) is 0 Å². The molecule has 0 radical (unpaired) electrons. The number of anilines is 1. The Morgan fingerprint density at radius 1 is 1.07 bits per heavy atom. The second-order valence-corrected chi connectivity index (χ2v) is 6.66. The number of benzene rings is 1. The molecule has 3 heterocycles. The lowest BCUT2D eigenvalue weighted by atomic mass is 10.0. The molecule has 0 fully saturated rings. The zero-order chi connectivity index (χ0) is 18.9. The molecule has 1 N–H and O–H groups in total. The van der Waals surface area contributed by atoms with Gasteiger partial charge in [0.25, 0.3) is 5.56 Å². The average Bonchev–Trinajstić information content (AvgIpc) is 2.74. The van der Waals surface area contributed by atoms with Gasteiger partial charge in [0.2, 0.25) is 0 Å². The van der Waals surface area contributed by atoms with E-state index in [1.165, 1.54) is 11.1 Å². The Labute approximate surface area is 161 Å². The first kappa shape index (κ1) is 16.3. The monoisotopic (exact) mass is 368 g/mol. The van der Waals surface area contributed by atoms with Gasteiger partial charge in [-0.2, -0.15) is 4.98 Å². The minimum atomic E-state index is -0.250. The molecule has 2 aromatic carbocycles. The number of fused-ring (bicyclic) bond motifs is 2. The van der Waals surface area contributed by atoms with Gasteiger partial charge in [-0.15, -0.1) is 0 Å². The molecule has 6 heteroatoms. The molecule has 28 heavy (non-hydrogen) atoms. The largest absolute Gasteiger partial charge is 0.426 e. The van der Waals surface area contributed by atoms with Crippen LogP contribution in [0.5, 0.6) is 11.8 Å². The molecule has 1 aliphatic heterocycles. The maximum atomic E-state index is 12.1. The van der Waals surface area contributed by atoms with Crippen molar-refractivity contribution in [1.29, 1.82) is 0 Å². The van der Waals surface area contributed by atoms with Crippen LogP contribution in [0, 0.1) is 12.1 Å². The number of ether oxygens (including phenoxy) is 1. The summed E-state index contributed by atoms with van der Waals surface area (Å²) in [6.07, 6.45) is 4.10. The van der Waals surface area contributed by atoms with E-state index in [4.69, 9.17) is 4.74 Å². The SMILES string of the molecule is O=c1[nH]c(Oc2ccc(N3CCc4cc#ccc4C3)cc2)nc2cnccc12. The van der Waals surface area contributed by atoms with E-state index < -0.39 is 0 Å². The third-order valence-electron chi connectivity index (χ3n) is 4.90. The van der Waals surface area contributed by atoms with Gasteiger partial charge in [-0.1, -0.05) is 12.1 Å². The van der Waals surface area contributed by atoms with Crippen molar-refractivity contribution in [1.82, 2.24) is 15.0 Å². The molecule has 0 spiro atoms. The van der Waals surface area contributed by atoms with Gasteiger partial charge in [0, 0.05) is 25.0 Å². The van der Waals surface area contributed by atoms with E-state index in [0.29, 0.717) is 16.7 Å². The number of hydrogen-bond acceptors (Lipinski definition) is 5. The molecule has 0 amide bonds. The molecule has 0 unspecified atom stereocenters. The van der Waals surface area contributed by atoms with Crippen molar-refractivity contribution < 1.29 is 4.74 Å². The van der Waals surface area contributed by atoms with Gasteiger partial charge in [-0.25, -0.2) is 0 Å². The van der Waals surface area contributed by atoms with E-state index in [9.17, 15) is 4.79 Å². The fourth-order valence-electron chi connectivity index (χ4n) is 3.44. The molecular formula is C22H16N4O2. The maximum Gasteiger partial charge on any atom is 0.302 e. The third-order valence-corrected chi connectivity index (χ3v) is 4.90. The number of pyridine rings is 1. The Hall–Kier alpha value is -3.85. The molecule has 1 aliphatic rings. The minimum Gasteiger partial charge on any atom is -0.426 e. The highest BCUT2D eigenvalue weighted by Gasteiger charge is 2.16. The molecule has 6 nitrogen and oxygen atoms in total. The van der Waals surface area contributed by atoms with Crippen molar-refractivity contribution in [3.05, 3.63) is 88.5 Å². The normalized spacial score (nSPS) is 13.1. The van der Waals surface area contributed by atoms with Crippen molar-refractivity contribution in [2.45, 2.75) is 13.0 Å². The molecule has 2 aromatic heterocycles. The van der Waals surface area contributed by atoms with Crippen LogP contribution in [-0.4, -0.2) is 21.5 Å². The molecule has 0 aliphatic carbocycles. The van der Waals surface area contributed by atoms with Gasteiger partial charge in [0.15, 0.2) is 0 Å². The van der Waals surface area contributed by atoms with Gasteiger partial charge in [0.1, 0.15) is 5.75 Å². The summed E-state index contributed by atoms with van der Waals surface area (Å²) in [7, 11) is 0. The number of nitrogens with one attached hydrogen (secondary N) is 1. The van der Waals surface area contributed by atoms with Crippen molar-refractivity contribution in [2.75, 3.05) is 11.4 Å². The van der Waals surface area contributed by atoms with E-state index >= 15 is 0 Å². The second-order valence-electron chi connectivity index (χ2n) is 6.66. The Balaban J connectivity index is 1.35. The van der Waals surface area contributed by atoms with Crippen LogP contribution in [0.15, 0.2) is 59.7 Å². The fourth-order valence-corrected chi connectivity index (χ4v) is 3.44. The van der Waals surface area contributed by atoms with Crippen LogP contribution in [0.3, 0.4) is 0 Å². The van der Waals surface area contributed by atoms with Gasteiger partial charge in [-0.3, -0.25) is 14.8 Å². The smallest absolute Gasteiger partial charge is 0.302 e.